The molecule has 3 aromatic rings. The van der Waals surface area contributed by atoms with Crippen molar-refractivity contribution in [1.82, 2.24) is 9.97 Å². The Balaban J connectivity index is 1.80. The van der Waals surface area contributed by atoms with Crippen LogP contribution >= 0.6 is 11.6 Å². The molecule has 0 fully saturated rings. The number of ether oxygens (including phenoxy) is 1. The van der Waals surface area contributed by atoms with Crippen molar-refractivity contribution in [1.29, 1.82) is 0 Å². The maximum atomic E-state index is 11.1. The Kier molecular flexibility index (Phi) is 5.96. The molecule has 1 heterocycles. The second kappa shape index (κ2) is 8.58. The Labute approximate surface area is 168 Å². The maximum absolute atomic E-state index is 11.1. The lowest BCUT2D eigenvalue weighted by Gasteiger charge is -2.13. The molecule has 0 aliphatic carbocycles. The van der Waals surface area contributed by atoms with Crippen LogP contribution in [0.1, 0.15) is 12.7 Å². The molecule has 7 nitrogen and oxygen atoms in total. The Morgan fingerprint density at radius 3 is 2.25 bits per heavy atom. The third kappa shape index (κ3) is 5.11. The number of halogens is 1. The molecular weight excluding hydrogens is 378 g/mol. The van der Waals surface area contributed by atoms with Crippen molar-refractivity contribution in [2.45, 2.75) is 13.8 Å². The molecule has 3 rings (SSSR count). The third-order valence-corrected chi connectivity index (χ3v) is 3.97. The van der Waals surface area contributed by atoms with Crippen LogP contribution in [0, 0.1) is 6.92 Å². The fourth-order valence-corrected chi connectivity index (χ4v) is 2.77. The largest absolute Gasteiger partial charge is 0.495 e. The summed E-state index contributed by atoms with van der Waals surface area (Å²) in [6.07, 6.45) is 0. The molecule has 3 N–H and O–H groups in total. The van der Waals surface area contributed by atoms with Gasteiger partial charge in [0.2, 0.25) is 5.91 Å². The summed E-state index contributed by atoms with van der Waals surface area (Å²) < 4.78 is 5.36. The van der Waals surface area contributed by atoms with Gasteiger partial charge in [0.05, 0.1) is 12.8 Å². The van der Waals surface area contributed by atoms with E-state index in [0.29, 0.717) is 33.9 Å². The molecule has 2 aromatic carbocycles. The highest BCUT2D eigenvalue weighted by molar-refractivity contribution is 6.31. The molecule has 0 saturated carbocycles. The Bertz CT molecular complexity index is 992. The van der Waals surface area contributed by atoms with Crippen LogP contribution < -0.4 is 20.7 Å². The lowest BCUT2D eigenvalue weighted by molar-refractivity contribution is -0.114. The minimum Gasteiger partial charge on any atom is -0.495 e. The predicted molar refractivity (Wildman–Crippen MR) is 112 cm³/mol. The van der Waals surface area contributed by atoms with E-state index in [1.807, 2.05) is 31.2 Å². The third-order valence-electron chi connectivity index (χ3n) is 3.74. The van der Waals surface area contributed by atoms with E-state index in [1.54, 1.807) is 31.4 Å². The van der Waals surface area contributed by atoms with Gasteiger partial charge >= 0.3 is 0 Å². The number of aromatic nitrogens is 2. The van der Waals surface area contributed by atoms with Gasteiger partial charge in [0, 0.05) is 29.4 Å². The van der Waals surface area contributed by atoms with E-state index >= 15 is 0 Å². The van der Waals surface area contributed by atoms with Crippen LogP contribution in [0.5, 0.6) is 5.75 Å². The topological polar surface area (TPSA) is 88.2 Å². The first-order valence-electron chi connectivity index (χ1n) is 8.54. The summed E-state index contributed by atoms with van der Waals surface area (Å²) in [6.45, 7) is 3.28. The summed E-state index contributed by atoms with van der Waals surface area (Å²) >= 11 is 6.09. The van der Waals surface area contributed by atoms with Crippen LogP contribution in [0.15, 0.2) is 48.5 Å². The number of hydrogen-bond acceptors (Lipinski definition) is 6. The van der Waals surface area contributed by atoms with Gasteiger partial charge in [0.15, 0.2) is 0 Å². The molecule has 0 bridgehead atoms. The molecule has 0 spiro atoms. The van der Waals surface area contributed by atoms with E-state index in [9.17, 15) is 4.79 Å². The molecular formula is C20H20ClN5O2. The van der Waals surface area contributed by atoms with Gasteiger partial charge in [-0.3, -0.25) is 4.79 Å². The quantitative estimate of drug-likeness (QED) is 0.548. The van der Waals surface area contributed by atoms with Crippen LogP contribution in [0.25, 0.3) is 0 Å². The molecule has 0 aliphatic heterocycles. The maximum Gasteiger partial charge on any atom is 0.221 e. The first kappa shape index (κ1) is 19.4. The van der Waals surface area contributed by atoms with Crippen molar-refractivity contribution in [2.75, 3.05) is 23.1 Å². The minimum absolute atomic E-state index is 0.112. The number of rotatable bonds is 6. The zero-order valence-electron chi connectivity index (χ0n) is 15.7. The van der Waals surface area contributed by atoms with Crippen LogP contribution in [-0.4, -0.2) is 23.0 Å². The van der Waals surface area contributed by atoms with Crippen molar-refractivity contribution in [3.63, 3.8) is 0 Å². The van der Waals surface area contributed by atoms with Gasteiger partial charge in [0.1, 0.15) is 23.2 Å². The molecule has 28 heavy (non-hydrogen) atoms. The number of benzene rings is 2. The molecule has 0 radical (unpaired) electrons. The van der Waals surface area contributed by atoms with Gasteiger partial charge in [-0.2, -0.15) is 0 Å². The number of methoxy groups -OCH3 is 1. The van der Waals surface area contributed by atoms with E-state index in [4.69, 9.17) is 16.3 Å². The number of hydrogen-bond donors (Lipinski definition) is 3. The molecule has 0 saturated heterocycles. The number of carbonyl (C=O) groups excluding carboxylic acids is 1. The number of aryl methyl sites for hydroxylation is 1. The lowest BCUT2D eigenvalue weighted by Crippen LogP contribution is -2.05. The summed E-state index contributed by atoms with van der Waals surface area (Å²) in [5, 5.41) is 9.77. The number of nitrogens with one attached hydrogen (secondary N) is 3. The average Bonchev–Trinajstić information content (AvgIpc) is 2.63. The fraction of sp³-hybridized carbons (Fsp3) is 0.150. The van der Waals surface area contributed by atoms with E-state index < -0.39 is 0 Å². The Hall–Kier alpha value is -3.32. The van der Waals surface area contributed by atoms with E-state index in [0.717, 1.165) is 11.4 Å². The molecule has 8 heteroatoms. The van der Waals surface area contributed by atoms with Crippen LogP contribution in [0.3, 0.4) is 0 Å². The average molecular weight is 398 g/mol. The van der Waals surface area contributed by atoms with Crippen molar-refractivity contribution in [3.05, 3.63) is 59.4 Å². The zero-order valence-corrected chi connectivity index (χ0v) is 16.5. The van der Waals surface area contributed by atoms with Crippen LogP contribution in [-0.2, 0) is 4.79 Å². The second-order valence-electron chi connectivity index (χ2n) is 6.04. The zero-order chi connectivity index (χ0) is 20.1. The van der Waals surface area contributed by atoms with Crippen molar-refractivity contribution < 1.29 is 9.53 Å². The van der Waals surface area contributed by atoms with Gasteiger partial charge in [-0.15, -0.1) is 0 Å². The highest BCUT2D eigenvalue weighted by atomic mass is 35.5. The van der Waals surface area contributed by atoms with Crippen LogP contribution in [0.2, 0.25) is 5.02 Å². The highest BCUT2D eigenvalue weighted by Crippen LogP contribution is 2.30. The number of carbonyl (C=O) groups is 1. The first-order valence-corrected chi connectivity index (χ1v) is 8.91. The number of nitrogens with zero attached hydrogens (tertiary/aromatic N) is 2. The first-order chi connectivity index (χ1) is 13.4. The normalized spacial score (nSPS) is 10.3. The predicted octanol–water partition coefficient (Wildman–Crippen LogP) is 4.89. The van der Waals surface area contributed by atoms with Gasteiger partial charge in [-0.05, 0) is 49.4 Å². The number of anilines is 5. The van der Waals surface area contributed by atoms with Crippen molar-refractivity contribution in [2.24, 2.45) is 0 Å². The smallest absolute Gasteiger partial charge is 0.221 e. The van der Waals surface area contributed by atoms with Gasteiger partial charge in [0.25, 0.3) is 0 Å². The van der Waals surface area contributed by atoms with Gasteiger partial charge in [-0.25, -0.2) is 9.97 Å². The summed E-state index contributed by atoms with van der Waals surface area (Å²) in [7, 11) is 1.59. The second-order valence-corrected chi connectivity index (χ2v) is 6.48. The molecule has 0 atom stereocenters. The van der Waals surface area contributed by atoms with Crippen molar-refractivity contribution in [3.8, 4) is 5.75 Å². The Morgan fingerprint density at radius 1 is 0.964 bits per heavy atom. The van der Waals surface area contributed by atoms with Crippen molar-refractivity contribution >= 4 is 46.2 Å². The summed E-state index contributed by atoms with van der Waals surface area (Å²) in [5.74, 6) is 2.38. The van der Waals surface area contributed by atoms with E-state index in [1.165, 1.54) is 6.92 Å². The molecule has 0 aliphatic rings. The molecule has 1 aromatic heterocycles. The molecule has 1 amide bonds. The Morgan fingerprint density at radius 2 is 1.61 bits per heavy atom. The molecule has 144 valence electrons. The van der Waals surface area contributed by atoms with Gasteiger partial charge < -0.3 is 20.7 Å². The molecule has 0 unspecified atom stereocenters. The SMILES string of the molecule is COc1ccc(Cl)cc1Nc1cc(Nc2ccc(NC(C)=O)cc2)nc(C)n1. The fourth-order valence-electron chi connectivity index (χ4n) is 2.60. The minimum atomic E-state index is -0.112. The van der Waals surface area contributed by atoms with E-state index in [-0.39, 0.29) is 5.91 Å². The van der Waals surface area contributed by atoms with Gasteiger partial charge in [-0.1, -0.05) is 11.6 Å². The number of amides is 1. The summed E-state index contributed by atoms with van der Waals surface area (Å²) in [4.78, 5) is 19.9. The van der Waals surface area contributed by atoms with E-state index in [2.05, 4.69) is 25.9 Å². The summed E-state index contributed by atoms with van der Waals surface area (Å²) in [5.41, 5.74) is 2.27. The van der Waals surface area contributed by atoms with Crippen LogP contribution in [0.4, 0.5) is 28.7 Å². The monoisotopic (exact) mass is 397 g/mol. The lowest BCUT2D eigenvalue weighted by atomic mass is 10.2. The summed E-state index contributed by atoms with van der Waals surface area (Å²) in [6, 6.07) is 14.4. The highest BCUT2D eigenvalue weighted by Gasteiger charge is 2.08. The standard InChI is InChI=1S/C20H20ClN5O2/c1-12-22-19(25-16-7-5-15(6-8-16)24-13(2)27)11-20(23-12)26-17-10-14(21)4-9-18(17)28-3/h4-11H,1-3H3,(H,24,27)(H2,22,23,25,26).